The summed E-state index contributed by atoms with van der Waals surface area (Å²) in [5.74, 6) is -0.117. The van der Waals surface area contributed by atoms with E-state index in [-0.39, 0.29) is 11.3 Å². The summed E-state index contributed by atoms with van der Waals surface area (Å²) in [7, 11) is 1.84. The van der Waals surface area contributed by atoms with Crippen LogP contribution >= 0.6 is 0 Å². The van der Waals surface area contributed by atoms with Crippen LogP contribution < -0.4 is 5.56 Å². The lowest BCUT2D eigenvalue weighted by atomic mass is 10.1. The molecule has 0 spiro atoms. The molecule has 1 aromatic heterocycles. The van der Waals surface area contributed by atoms with Crippen molar-refractivity contribution in [2.75, 3.05) is 0 Å². The third-order valence-corrected chi connectivity index (χ3v) is 4.34. The van der Waals surface area contributed by atoms with E-state index in [0.717, 1.165) is 16.9 Å². The number of carbonyl (C=O) groups excluding carboxylic acids is 1. The second-order valence-electron chi connectivity index (χ2n) is 6.04. The standard InChI is InChI=1S/C21H20N2O2/c1-15-9-11-17(12-10-15)20(24)14-13-19-16(2)22(3)23(21(19)25)18-7-5-4-6-8-18/h4-14H,1-3H3. The molecule has 126 valence electrons. The van der Waals surface area contributed by atoms with E-state index in [9.17, 15) is 9.59 Å². The fourth-order valence-electron chi connectivity index (χ4n) is 2.75. The molecule has 0 saturated heterocycles. The summed E-state index contributed by atoms with van der Waals surface area (Å²) in [5, 5.41) is 0. The zero-order chi connectivity index (χ0) is 18.0. The van der Waals surface area contributed by atoms with Gasteiger partial charge in [0.2, 0.25) is 0 Å². The first-order valence-corrected chi connectivity index (χ1v) is 8.12. The highest BCUT2D eigenvalue weighted by molar-refractivity contribution is 6.06. The number of carbonyl (C=O) groups is 1. The normalized spacial score (nSPS) is 11.2. The van der Waals surface area contributed by atoms with Crippen molar-refractivity contribution in [3.05, 3.63) is 93.4 Å². The monoisotopic (exact) mass is 332 g/mol. The molecule has 3 rings (SSSR count). The van der Waals surface area contributed by atoms with E-state index in [1.165, 1.54) is 6.08 Å². The van der Waals surface area contributed by atoms with E-state index in [1.807, 2.05) is 63.4 Å². The minimum atomic E-state index is -0.140. The lowest BCUT2D eigenvalue weighted by molar-refractivity contribution is 0.104. The Balaban J connectivity index is 1.97. The van der Waals surface area contributed by atoms with Crippen LogP contribution in [0.4, 0.5) is 0 Å². The summed E-state index contributed by atoms with van der Waals surface area (Å²) < 4.78 is 3.40. The number of ketones is 1. The van der Waals surface area contributed by atoms with Crippen LogP contribution in [0.25, 0.3) is 11.8 Å². The molecule has 0 aliphatic carbocycles. The van der Waals surface area contributed by atoms with Gasteiger partial charge in [0.05, 0.1) is 11.3 Å². The zero-order valence-corrected chi connectivity index (χ0v) is 14.6. The summed E-state index contributed by atoms with van der Waals surface area (Å²) in [5.41, 5.74) is 3.69. The van der Waals surface area contributed by atoms with E-state index in [2.05, 4.69) is 0 Å². The Labute approximate surface area is 146 Å². The molecule has 4 nitrogen and oxygen atoms in total. The number of benzene rings is 2. The van der Waals surface area contributed by atoms with Crippen LogP contribution in [0, 0.1) is 13.8 Å². The highest BCUT2D eigenvalue weighted by atomic mass is 16.1. The average Bonchev–Trinajstić information content (AvgIpc) is 2.83. The van der Waals surface area contributed by atoms with Crippen molar-refractivity contribution in [2.45, 2.75) is 13.8 Å². The van der Waals surface area contributed by atoms with E-state index in [0.29, 0.717) is 11.1 Å². The van der Waals surface area contributed by atoms with Crippen molar-refractivity contribution in [3.63, 3.8) is 0 Å². The highest BCUT2D eigenvalue weighted by Gasteiger charge is 2.14. The van der Waals surface area contributed by atoms with Crippen molar-refractivity contribution in [1.29, 1.82) is 0 Å². The Morgan fingerprint density at radius 1 is 0.960 bits per heavy atom. The highest BCUT2D eigenvalue weighted by Crippen LogP contribution is 2.12. The average molecular weight is 332 g/mol. The second kappa shape index (κ2) is 6.77. The molecule has 0 unspecified atom stereocenters. The van der Waals surface area contributed by atoms with Crippen LogP contribution in [-0.4, -0.2) is 15.1 Å². The summed E-state index contributed by atoms with van der Waals surface area (Å²) in [6.07, 6.45) is 3.07. The zero-order valence-electron chi connectivity index (χ0n) is 14.6. The minimum absolute atomic E-state index is 0.117. The fraction of sp³-hybridized carbons (Fsp3) is 0.143. The summed E-state index contributed by atoms with van der Waals surface area (Å²) in [4.78, 5) is 25.1. The van der Waals surface area contributed by atoms with Crippen LogP contribution in [-0.2, 0) is 7.05 Å². The van der Waals surface area contributed by atoms with Crippen molar-refractivity contribution in [2.24, 2.45) is 7.05 Å². The summed E-state index contributed by atoms with van der Waals surface area (Å²) >= 11 is 0. The maximum Gasteiger partial charge on any atom is 0.278 e. The van der Waals surface area contributed by atoms with Crippen molar-refractivity contribution in [3.8, 4) is 5.69 Å². The van der Waals surface area contributed by atoms with Gasteiger partial charge in [-0.05, 0) is 38.1 Å². The largest absolute Gasteiger partial charge is 0.289 e. The topological polar surface area (TPSA) is 44.0 Å². The van der Waals surface area contributed by atoms with Gasteiger partial charge < -0.3 is 0 Å². The molecule has 0 aliphatic rings. The first-order chi connectivity index (χ1) is 12.0. The number of allylic oxidation sites excluding steroid dienone is 1. The molecule has 25 heavy (non-hydrogen) atoms. The van der Waals surface area contributed by atoms with Crippen LogP contribution in [0.5, 0.6) is 0 Å². The molecule has 0 radical (unpaired) electrons. The Morgan fingerprint density at radius 2 is 1.60 bits per heavy atom. The van der Waals surface area contributed by atoms with Gasteiger partial charge in [0.15, 0.2) is 5.78 Å². The Hall–Kier alpha value is -3.14. The molecule has 0 N–H and O–H groups in total. The number of para-hydroxylation sites is 1. The first kappa shape index (κ1) is 16.7. The van der Waals surface area contributed by atoms with Crippen molar-refractivity contribution < 1.29 is 4.79 Å². The smallest absolute Gasteiger partial charge is 0.278 e. The molecule has 0 amide bonds. The van der Waals surface area contributed by atoms with Crippen LogP contribution in [0.15, 0.2) is 65.5 Å². The van der Waals surface area contributed by atoms with Gasteiger partial charge in [0, 0.05) is 18.3 Å². The molecule has 0 atom stereocenters. The van der Waals surface area contributed by atoms with Gasteiger partial charge in [0.1, 0.15) is 0 Å². The predicted octanol–water partition coefficient (Wildman–Crippen LogP) is 3.69. The SMILES string of the molecule is Cc1ccc(C(=O)C=Cc2c(C)n(C)n(-c3ccccc3)c2=O)cc1. The van der Waals surface area contributed by atoms with E-state index in [4.69, 9.17) is 0 Å². The van der Waals surface area contributed by atoms with Gasteiger partial charge >= 0.3 is 0 Å². The van der Waals surface area contributed by atoms with E-state index >= 15 is 0 Å². The molecular formula is C21H20N2O2. The molecule has 0 bridgehead atoms. The molecule has 3 aromatic rings. The Morgan fingerprint density at radius 3 is 2.24 bits per heavy atom. The third-order valence-electron chi connectivity index (χ3n) is 4.34. The Bertz CT molecular complexity index is 991. The summed E-state index contributed by atoms with van der Waals surface area (Å²) in [6, 6.07) is 16.8. The number of nitrogens with zero attached hydrogens (tertiary/aromatic N) is 2. The minimum Gasteiger partial charge on any atom is -0.289 e. The van der Waals surface area contributed by atoms with E-state index < -0.39 is 0 Å². The molecule has 1 heterocycles. The van der Waals surface area contributed by atoms with Crippen molar-refractivity contribution in [1.82, 2.24) is 9.36 Å². The number of hydrogen-bond acceptors (Lipinski definition) is 2. The van der Waals surface area contributed by atoms with Crippen LogP contribution in [0.3, 0.4) is 0 Å². The molecule has 0 aliphatic heterocycles. The van der Waals surface area contributed by atoms with Crippen LogP contribution in [0.1, 0.15) is 27.2 Å². The lowest BCUT2D eigenvalue weighted by Gasteiger charge is -2.07. The molecule has 0 saturated carbocycles. The maximum absolute atomic E-state index is 12.8. The Kier molecular flexibility index (Phi) is 4.52. The van der Waals surface area contributed by atoms with Crippen LogP contribution in [0.2, 0.25) is 0 Å². The van der Waals surface area contributed by atoms with Gasteiger partial charge in [-0.3, -0.25) is 14.3 Å². The lowest BCUT2D eigenvalue weighted by Crippen LogP contribution is -2.20. The number of aromatic nitrogens is 2. The molecule has 2 aromatic carbocycles. The fourth-order valence-corrected chi connectivity index (χ4v) is 2.75. The summed E-state index contributed by atoms with van der Waals surface area (Å²) in [6.45, 7) is 3.85. The van der Waals surface area contributed by atoms with Gasteiger partial charge in [-0.25, -0.2) is 4.68 Å². The molecule has 0 fully saturated rings. The van der Waals surface area contributed by atoms with Gasteiger partial charge in [-0.1, -0.05) is 48.0 Å². The third kappa shape index (κ3) is 3.24. The quantitative estimate of drug-likeness (QED) is 0.540. The maximum atomic E-state index is 12.8. The van der Waals surface area contributed by atoms with Gasteiger partial charge in [0.25, 0.3) is 5.56 Å². The van der Waals surface area contributed by atoms with Crippen molar-refractivity contribution >= 4 is 11.9 Å². The first-order valence-electron chi connectivity index (χ1n) is 8.12. The number of aryl methyl sites for hydroxylation is 1. The van der Waals surface area contributed by atoms with E-state index in [1.54, 1.807) is 27.6 Å². The predicted molar refractivity (Wildman–Crippen MR) is 100 cm³/mol. The van der Waals surface area contributed by atoms with Gasteiger partial charge in [-0.2, -0.15) is 0 Å². The molecular weight excluding hydrogens is 312 g/mol. The molecule has 4 heteroatoms. The second-order valence-corrected chi connectivity index (χ2v) is 6.04. The number of rotatable bonds is 4. The number of hydrogen-bond donors (Lipinski definition) is 0. The van der Waals surface area contributed by atoms with Gasteiger partial charge in [-0.15, -0.1) is 0 Å².